The fourth-order valence-electron chi connectivity index (χ4n) is 1.12. The number of imidazole rings is 1. The lowest BCUT2D eigenvalue weighted by molar-refractivity contribution is 0.172. The molecule has 0 saturated heterocycles. The van der Waals surface area contributed by atoms with E-state index in [2.05, 4.69) is 9.74 Å². The molecule has 0 amide bonds. The Morgan fingerprint density at radius 3 is 2.85 bits per heavy atom. The number of rotatable bonds is 2. The second-order valence-electron chi connectivity index (χ2n) is 2.49. The molecule has 0 radical (unpaired) electrons. The summed E-state index contributed by atoms with van der Waals surface area (Å²) in [5.41, 5.74) is 1.43. The van der Waals surface area contributed by atoms with Crippen molar-refractivity contribution in [1.29, 1.82) is 0 Å². The van der Waals surface area contributed by atoms with Gasteiger partial charge in [0.2, 0.25) is 0 Å². The fraction of sp³-hybridized carbons (Fsp3) is 0. The molecule has 66 valence electrons. The number of benzene rings is 1. The smallest absolute Gasteiger partial charge is 0.419 e. The third kappa shape index (κ3) is 1.49. The zero-order valence-corrected chi connectivity index (χ0v) is 6.66. The highest BCUT2D eigenvalue weighted by molar-refractivity contribution is 6.32. The maximum Gasteiger partial charge on any atom is 0.728 e. The summed E-state index contributed by atoms with van der Waals surface area (Å²) in [6.07, 6.45) is 1.38. The van der Waals surface area contributed by atoms with Crippen molar-refractivity contribution in [2.45, 2.75) is 0 Å². The molecule has 1 heterocycles. The minimum atomic E-state index is -1.84. The highest BCUT2D eigenvalue weighted by atomic mass is 16.7. The Labute approximate surface area is 74.3 Å². The molecule has 0 aliphatic heterocycles. The first-order valence-corrected chi connectivity index (χ1v) is 3.73. The molecule has 0 bridgehead atoms. The third-order valence-electron chi connectivity index (χ3n) is 1.63. The Hall–Kier alpha value is -1.53. The van der Waals surface area contributed by atoms with E-state index in [1.165, 1.54) is 11.1 Å². The summed E-state index contributed by atoms with van der Waals surface area (Å²) in [6.45, 7) is 0. The summed E-state index contributed by atoms with van der Waals surface area (Å²) in [5.74, 6) is 0. The lowest BCUT2D eigenvalue weighted by Gasteiger charge is -2.04. The van der Waals surface area contributed by atoms with Crippen LogP contribution in [0.15, 0.2) is 30.6 Å². The van der Waals surface area contributed by atoms with Gasteiger partial charge >= 0.3 is 7.32 Å². The average Bonchev–Trinajstić information content (AvgIpc) is 2.48. The van der Waals surface area contributed by atoms with Crippen molar-refractivity contribution < 1.29 is 14.8 Å². The van der Waals surface area contributed by atoms with Crippen molar-refractivity contribution >= 4 is 18.4 Å². The average molecular weight is 178 g/mol. The lowest BCUT2D eigenvalue weighted by atomic mass is 10.3. The minimum Gasteiger partial charge on any atom is -0.419 e. The molecular weight excluding hydrogens is 171 g/mol. The van der Waals surface area contributed by atoms with Gasteiger partial charge in [-0.3, -0.25) is 0 Å². The second kappa shape index (κ2) is 3.08. The van der Waals surface area contributed by atoms with Crippen LogP contribution in [0.2, 0.25) is 0 Å². The van der Waals surface area contributed by atoms with Gasteiger partial charge in [-0.05, 0) is 12.1 Å². The topological polar surface area (TPSA) is 67.5 Å². The highest BCUT2D eigenvalue weighted by Crippen LogP contribution is 2.09. The number of aromatic nitrogens is 2. The minimum absolute atomic E-state index is 0.690. The molecule has 1 aromatic carbocycles. The largest absolute Gasteiger partial charge is 0.728 e. The van der Waals surface area contributed by atoms with Crippen LogP contribution in [0, 0.1) is 0 Å². The predicted octanol–water partition coefficient (Wildman–Crippen LogP) is -0.566. The Balaban J connectivity index is 2.46. The summed E-state index contributed by atoms with van der Waals surface area (Å²) in [5, 5.41) is 17.1. The molecule has 0 atom stereocenters. The second-order valence-corrected chi connectivity index (χ2v) is 2.49. The van der Waals surface area contributed by atoms with Gasteiger partial charge in [-0.1, -0.05) is 12.1 Å². The molecule has 6 heteroatoms. The lowest BCUT2D eigenvalue weighted by Crippen LogP contribution is -2.28. The number of para-hydroxylation sites is 2. The van der Waals surface area contributed by atoms with Gasteiger partial charge in [-0.25, -0.2) is 4.98 Å². The van der Waals surface area contributed by atoms with Crippen molar-refractivity contribution in [1.82, 2.24) is 9.71 Å². The first-order chi connectivity index (χ1) is 6.27. The molecule has 1 aromatic heterocycles. The first-order valence-electron chi connectivity index (χ1n) is 3.73. The zero-order chi connectivity index (χ0) is 9.26. The van der Waals surface area contributed by atoms with Crippen molar-refractivity contribution in [3.63, 3.8) is 0 Å². The van der Waals surface area contributed by atoms with Gasteiger partial charge in [-0.15, -0.1) is 0 Å². The van der Waals surface area contributed by atoms with Crippen molar-refractivity contribution in [2.75, 3.05) is 0 Å². The molecule has 2 N–H and O–H groups in total. The van der Waals surface area contributed by atoms with Crippen LogP contribution in [-0.4, -0.2) is 27.1 Å². The van der Waals surface area contributed by atoms with Crippen LogP contribution in [0.1, 0.15) is 0 Å². The Morgan fingerprint density at radius 1 is 1.31 bits per heavy atom. The number of fused-ring (bicyclic) bond motifs is 1. The van der Waals surface area contributed by atoms with Gasteiger partial charge in [0.15, 0.2) is 0 Å². The monoisotopic (exact) mass is 178 g/mol. The van der Waals surface area contributed by atoms with Gasteiger partial charge < -0.3 is 14.8 Å². The molecule has 5 nitrogen and oxygen atoms in total. The van der Waals surface area contributed by atoms with E-state index in [4.69, 9.17) is 10.0 Å². The molecule has 0 fully saturated rings. The Kier molecular flexibility index (Phi) is 1.92. The summed E-state index contributed by atoms with van der Waals surface area (Å²) >= 11 is 0. The van der Waals surface area contributed by atoms with Crippen LogP contribution in [0.25, 0.3) is 11.0 Å². The SMILES string of the molecule is OB(O)On1cnc2ccccc21. The van der Waals surface area contributed by atoms with Gasteiger partial charge in [0.25, 0.3) is 0 Å². The molecule has 0 spiro atoms. The molecule has 0 aliphatic rings. The van der Waals surface area contributed by atoms with Gasteiger partial charge in [0, 0.05) is 0 Å². The van der Waals surface area contributed by atoms with E-state index >= 15 is 0 Å². The molecule has 13 heavy (non-hydrogen) atoms. The van der Waals surface area contributed by atoms with Crippen LogP contribution in [-0.2, 0) is 0 Å². The zero-order valence-electron chi connectivity index (χ0n) is 6.66. The van der Waals surface area contributed by atoms with E-state index in [-0.39, 0.29) is 0 Å². The van der Waals surface area contributed by atoms with Gasteiger partial charge in [-0.2, -0.15) is 4.73 Å². The van der Waals surface area contributed by atoms with E-state index in [1.807, 2.05) is 12.1 Å². The summed E-state index contributed by atoms with van der Waals surface area (Å²) in [6, 6.07) is 7.23. The third-order valence-corrected chi connectivity index (χ3v) is 1.63. The molecule has 2 rings (SSSR count). The van der Waals surface area contributed by atoms with Crippen molar-refractivity contribution in [3.05, 3.63) is 30.6 Å². The van der Waals surface area contributed by atoms with E-state index in [0.29, 0.717) is 5.52 Å². The van der Waals surface area contributed by atoms with Crippen LogP contribution < -0.4 is 4.76 Å². The van der Waals surface area contributed by atoms with E-state index in [9.17, 15) is 0 Å². The molecule has 0 saturated carbocycles. The maximum absolute atomic E-state index is 8.57. The van der Waals surface area contributed by atoms with Crippen molar-refractivity contribution in [3.8, 4) is 0 Å². The van der Waals surface area contributed by atoms with E-state index < -0.39 is 7.32 Å². The Bertz CT molecular complexity index is 415. The van der Waals surface area contributed by atoms with Crippen LogP contribution in [0.4, 0.5) is 0 Å². The molecule has 0 unspecified atom stereocenters. The summed E-state index contributed by atoms with van der Waals surface area (Å²) in [4.78, 5) is 3.99. The Morgan fingerprint density at radius 2 is 2.08 bits per heavy atom. The summed E-state index contributed by atoms with van der Waals surface area (Å²) < 4.78 is 5.84. The van der Waals surface area contributed by atoms with Gasteiger partial charge in [0.1, 0.15) is 11.8 Å². The normalized spacial score (nSPS) is 10.3. The summed E-state index contributed by atoms with van der Waals surface area (Å²) in [7, 11) is -1.84. The predicted molar refractivity (Wildman–Crippen MR) is 46.5 cm³/mol. The highest BCUT2D eigenvalue weighted by Gasteiger charge is 2.13. The fourth-order valence-corrected chi connectivity index (χ4v) is 1.12. The molecule has 2 aromatic rings. The molecular formula is C7H7BN2O3. The molecule has 0 aliphatic carbocycles. The van der Waals surface area contributed by atoms with Gasteiger partial charge in [0.05, 0.1) is 5.52 Å². The number of nitrogens with zero attached hydrogens (tertiary/aromatic N) is 2. The first kappa shape index (κ1) is 8.09. The standard InChI is InChI=1S/C7H7BN2O3/c11-8(12)13-10-5-9-6-3-1-2-4-7(6)10/h1-5,11-12H. The van der Waals surface area contributed by atoms with E-state index in [0.717, 1.165) is 5.52 Å². The number of hydrogen-bond acceptors (Lipinski definition) is 4. The van der Waals surface area contributed by atoms with Crippen LogP contribution >= 0.6 is 0 Å². The number of hydrogen-bond donors (Lipinski definition) is 2. The van der Waals surface area contributed by atoms with Crippen molar-refractivity contribution in [2.24, 2.45) is 0 Å². The maximum atomic E-state index is 8.57. The quantitative estimate of drug-likeness (QED) is 0.604. The van der Waals surface area contributed by atoms with Crippen LogP contribution in [0.5, 0.6) is 0 Å². The van der Waals surface area contributed by atoms with Crippen LogP contribution in [0.3, 0.4) is 0 Å². The van der Waals surface area contributed by atoms with E-state index in [1.54, 1.807) is 12.1 Å².